The predicted octanol–water partition coefficient (Wildman–Crippen LogP) is 3.43. The second kappa shape index (κ2) is 8.11. The lowest BCUT2D eigenvalue weighted by Crippen LogP contribution is -2.26. The largest absolute Gasteiger partial charge is 0.383 e. The highest BCUT2D eigenvalue weighted by Gasteiger charge is 2.21. The van der Waals surface area contributed by atoms with Crippen LogP contribution in [0.5, 0.6) is 0 Å². The number of thiophene rings is 1. The van der Waals surface area contributed by atoms with Gasteiger partial charge in [0.1, 0.15) is 40.9 Å². The summed E-state index contributed by atoms with van der Waals surface area (Å²) in [6.07, 6.45) is 1.99. The van der Waals surface area contributed by atoms with Crippen molar-refractivity contribution in [1.29, 1.82) is 0 Å². The van der Waals surface area contributed by atoms with E-state index in [2.05, 4.69) is 26.9 Å². The van der Waals surface area contributed by atoms with Crippen LogP contribution in [-0.4, -0.2) is 29.3 Å². The van der Waals surface area contributed by atoms with E-state index in [0.717, 1.165) is 5.56 Å². The molecule has 1 aromatic carbocycles. The summed E-state index contributed by atoms with van der Waals surface area (Å²) in [5.41, 5.74) is 7.57. The molecule has 0 aliphatic rings. The van der Waals surface area contributed by atoms with Gasteiger partial charge in [0.05, 0.1) is 16.5 Å². The first-order chi connectivity index (χ1) is 16.0. The fourth-order valence-corrected chi connectivity index (χ4v) is 4.62. The number of para-hydroxylation sites is 1. The molecule has 0 saturated heterocycles. The van der Waals surface area contributed by atoms with Crippen LogP contribution in [0.3, 0.4) is 0 Å². The summed E-state index contributed by atoms with van der Waals surface area (Å²) < 4.78 is 17.7. The molecule has 164 valence electrons. The van der Waals surface area contributed by atoms with Gasteiger partial charge in [-0.05, 0) is 35.9 Å². The van der Waals surface area contributed by atoms with E-state index < -0.39 is 5.82 Å². The minimum atomic E-state index is -0.527. The van der Waals surface area contributed by atoms with Gasteiger partial charge in [0.2, 0.25) is 0 Å². The number of aryl methyl sites for hydroxylation is 1. The van der Waals surface area contributed by atoms with Crippen LogP contribution in [0.1, 0.15) is 30.4 Å². The normalized spacial score (nSPS) is 11.1. The molecule has 0 aliphatic heterocycles. The monoisotopic (exact) mass is 459 g/mol. The maximum Gasteiger partial charge on any atom is 0.267 e. The van der Waals surface area contributed by atoms with Gasteiger partial charge in [-0.1, -0.05) is 25.0 Å². The van der Waals surface area contributed by atoms with Gasteiger partial charge in [-0.15, -0.1) is 11.3 Å². The fourth-order valence-electron chi connectivity index (χ4n) is 3.69. The Morgan fingerprint density at radius 3 is 2.82 bits per heavy atom. The summed E-state index contributed by atoms with van der Waals surface area (Å²) in [5.74, 6) is 6.03. The molecule has 4 aromatic heterocycles. The van der Waals surface area contributed by atoms with Crippen molar-refractivity contribution in [3.8, 4) is 17.5 Å². The average molecular weight is 460 g/mol. The molecule has 0 aliphatic carbocycles. The maximum absolute atomic E-state index is 14.8. The third-order valence-electron chi connectivity index (χ3n) is 5.19. The first-order valence-electron chi connectivity index (χ1n) is 10.2. The molecular formula is C23H18FN7OS. The third-order valence-corrected chi connectivity index (χ3v) is 6.18. The molecule has 0 radical (unpaired) electrons. The van der Waals surface area contributed by atoms with Crippen LogP contribution < -0.4 is 11.3 Å². The van der Waals surface area contributed by atoms with E-state index in [1.54, 1.807) is 22.9 Å². The zero-order valence-electron chi connectivity index (χ0n) is 17.8. The van der Waals surface area contributed by atoms with E-state index in [4.69, 9.17) is 10.7 Å². The van der Waals surface area contributed by atoms with Gasteiger partial charge in [0.15, 0.2) is 5.65 Å². The van der Waals surface area contributed by atoms with Gasteiger partial charge in [-0.2, -0.15) is 5.10 Å². The minimum Gasteiger partial charge on any atom is -0.383 e. The maximum atomic E-state index is 14.8. The van der Waals surface area contributed by atoms with E-state index in [1.165, 1.54) is 28.3 Å². The lowest BCUT2D eigenvalue weighted by atomic mass is 10.2. The van der Waals surface area contributed by atoms with E-state index in [9.17, 15) is 9.18 Å². The van der Waals surface area contributed by atoms with Crippen LogP contribution in [-0.2, 0) is 6.54 Å². The Balaban J connectivity index is 1.78. The van der Waals surface area contributed by atoms with E-state index in [-0.39, 0.29) is 23.6 Å². The number of fused-ring (bicyclic) bond motifs is 2. The van der Waals surface area contributed by atoms with Crippen LogP contribution in [0, 0.1) is 24.6 Å². The number of benzene rings is 1. The standard InChI is InChI=1S/C23H18FN7OS/c1-3-4-8-15-19-20(25)26-12-27-21(19)30(29-15)10-17-28-22-18(13(2)11-33-22)23(32)31(17)16-9-6-5-7-14(16)24/h5-7,9,11-12H,3,10H2,1-2H3,(H2,25,26,27). The summed E-state index contributed by atoms with van der Waals surface area (Å²) in [7, 11) is 0. The van der Waals surface area contributed by atoms with Gasteiger partial charge in [-0.25, -0.2) is 24.0 Å². The van der Waals surface area contributed by atoms with Gasteiger partial charge in [-0.3, -0.25) is 9.36 Å². The molecule has 0 atom stereocenters. The molecule has 0 saturated carbocycles. The minimum absolute atomic E-state index is 0.0528. The van der Waals surface area contributed by atoms with E-state index in [1.807, 2.05) is 19.2 Å². The molecule has 0 fully saturated rings. The average Bonchev–Trinajstić information content (AvgIpc) is 3.35. The summed E-state index contributed by atoms with van der Waals surface area (Å²) in [5, 5.41) is 7.44. The summed E-state index contributed by atoms with van der Waals surface area (Å²) in [4.78, 5) is 27.2. The molecule has 5 aromatic rings. The first kappa shape index (κ1) is 20.8. The number of nitrogens with zero attached hydrogens (tertiary/aromatic N) is 6. The Bertz CT molecular complexity index is 1650. The number of anilines is 1. The number of halogens is 1. The van der Waals surface area contributed by atoms with Crippen molar-refractivity contribution in [3.05, 3.63) is 69.2 Å². The summed E-state index contributed by atoms with van der Waals surface area (Å²) in [6.45, 7) is 3.82. The molecule has 0 spiro atoms. The van der Waals surface area contributed by atoms with Crippen molar-refractivity contribution >= 4 is 38.4 Å². The SMILES string of the molecule is CCC#Cc1nn(Cc2nc3scc(C)c3c(=O)n2-c2ccccc2F)c2ncnc(N)c12. The van der Waals surface area contributed by atoms with Gasteiger partial charge < -0.3 is 5.73 Å². The van der Waals surface area contributed by atoms with Crippen molar-refractivity contribution in [1.82, 2.24) is 29.3 Å². The number of rotatable bonds is 3. The van der Waals surface area contributed by atoms with Crippen molar-refractivity contribution in [3.63, 3.8) is 0 Å². The Morgan fingerprint density at radius 1 is 1.21 bits per heavy atom. The molecule has 2 N–H and O–H groups in total. The van der Waals surface area contributed by atoms with Crippen molar-refractivity contribution in [2.24, 2.45) is 0 Å². The molecule has 5 rings (SSSR count). The van der Waals surface area contributed by atoms with Crippen LogP contribution in [0.15, 0.2) is 40.8 Å². The molecule has 33 heavy (non-hydrogen) atoms. The number of hydrogen-bond donors (Lipinski definition) is 1. The summed E-state index contributed by atoms with van der Waals surface area (Å²) >= 11 is 1.37. The molecule has 4 heterocycles. The number of aromatic nitrogens is 6. The zero-order chi connectivity index (χ0) is 23.1. The number of hydrogen-bond acceptors (Lipinski definition) is 7. The first-order valence-corrected chi connectivity index (χ1v) is 11.1. The Morgan fingerprint density at radius 2 is 2.03 bits per heavy atom. The lowest BCUT2D eigenvalue weighted by Gasteiger charge is -2.14. The molecule has 0 amide bonds. The second-order valence-corrected chi connectivity index (χ2v) is 8.20. The van der Waals surface area contributed by atoms with Crippen molar-refractivity contribution in [2.75, 3.05) is 5.73 Å². The van der Waals surface area contributed by atoms with Crippen LogP contribution in [0.25, 0.3) is 26.9 Å². The molecule has 8 nitrogen and oxygen atoms in total. The Labute approximate surface area is 191 Å². The van der Waals surface area contributed by atoms with Crippen LogP contribution in [0.2, 0.25) is 0 Å². The highest BCUT2D eigenvalue weighted by molar-refractivity contribution is 7.16. The van der Waals surface area contributed by atoms with Gasteiger partial charge in [0.25, 0.3) is 5.56 Å². The Hall–Kier alpha value is -4.10. The topological polar surface area (TPSA) is 105 Å². The van der Waals surface area contributed by atoms with E-state index in [0.29, 0.717) is 39.2 Å². The van der Waals surface area contributed by atoms with Crippen LogP contribution in [0.4, 0.5) is 10.2 Å². The lowest BCUT2D eigenvalue weighted by molar-refractivity contribution is 0.600. The predicted molar refractivity (Wildman–Crippen MR) is 126 cm³/mol. The summed E-state index contributed by atoms with van der Waals surface area (Å²) in [6, 6.07) is 6.11. The van der Waals surface area contributed by atoms with E-state index >= 15 is 0 Å². The molecule has 0 bridgehead atoms. The second-order valence-electron chi connectivity index (χ2n) is 7.34. The Kier molecular flexibility index (Phi) is 5.11. The molecular weight excluding hydrogens is 441 g/mol. The number of nitrogens with two attached hydrogens (primary N) is 1. The highest BCUT2D eigenvalue weighted by atomic mass is 32.1. The van der Waals surface area contributed by atoms with Gasteiger partial charge >= 0.3 is 0 Å². The smallest absolute Gasteiger partial charge is 0.267 e. The van der Waals surface area contributed by atoms with Crippen molar-refractivity contribution < 1.29 is 4.39 Å². The highest BCUT2D eigenvalue weighted by Crippen LogP contribution is 2.25. The molecule has 0 unspecified atom stereocenters. The third kappa shape index (κ3) is 3.43. The fraction of sp³-hybridized carbons (Fsp3) is 0.174. The van der Waals surface area contributed by atoms with Crippen LogP contribution >= 0.6 is 11.3 Å². The molecule has 10 heteroatoms. The quantitative estimate of drug-likeness (QED) is 0.415. The number of nitrogen functional groups attached to an aromatic ring is 1. The van der Waals surface area contributed by atoms with Gasteiger partial charge in [0, 0.05) is 6.42 Å². The zero-order valence-corrected chi connectivity index (χ0v) is 18.6. The van der Waals surface area contributed by atoms with Crippen molar-refractivity contribution in [2.45, 2.75) is 26.8 Å².